The molecule has 0 aliphatic carbocycles. The maximum atomic E-state index is 6.14. The first-order valence-corrected chi connectivity index (χ1v) is 7.25. The summed E-state index contributed by atoms with van der Waals surface area (Å²) >= 11 is 12.2. The topological polar surface area (TPSA) is 21.3 Å². The highest BCUT2D eigenvalue weighted by Crippen LogP contribution is 2.32. The summed E-state index contributed by atoms with van der Waals surface area (Å²) in [6.07, 6.45) is 0.983. The Kier molecular flexibility index (Phi) is 5.16. The third-order valence-corrected chi connectivity index (χ3v) is 3.66. The van der Waals surface area contributed by atoms with Crippen LogP contribution in [0.2, 0.25) is 10.0 Å². The van der Waals surface area contributed by atoms with Crippen LogP contribution < -0.4 is 10.1 Å². The van der Waals surface area contributed by atoms with Crippen molar-refractivity contribution in [3.63, 3.8) is 0 Å². The lowest BCUT2D eigenvalue weighted by Gasteiger charge is -2.14. The molecule has 0 saturated heterocycles. The molecule has 0 saturated carbocycles. The molecular weight excluding hydrogens is 293 g/mol. The minimum Gasteiger partial charge on any atom is -0.495 e. The zero-order chi connectivity index (χ0) is 14.5. The number of para-hydroxylation sites is 1. The van der Waals surface area contributed by atoms with Crippen LogP contribution >= 0.6 is 23.2 Å². The highest BCUT2D eigenvalue weighted by atomic mass is 35.5. The summed E-state index contributed by atoms with van der Waals surface area (Å²) in [5.74, 6) is 0.664. The van der Waals surface area contributed by atoms with Crippen molar-refractivity contribution in [3.8, 4) is 5.75 Å². The standard InChI is InChI=1S/C16H17Cl2NO/c1-3-11-6-4-5-7-15(11)19-10-12-8-13(17)9-14(18)16(12)20-2/h4-9,19H,3,10H2,1-2H3. The summed E-state index contributed by atoms with van der Waals surface area (Å²) < 4.78 is 5.35. The normalized spacial score (nSPS) is 10.4. The SMILES string of the molecule is CCc1ccccc1NCc1cc(Cl)cc(Cl)c1OC. The molecule has 0 unspecified atom stereocenters. The fourth-order valence-electron chi connectivity index (χ4n) is 2.17. The number of halogens is 2. The first-order valence-electron chi connectivity index (χ1n) is 6.49. The van der Waals surface area contributed by atoms with Crippen LogP contribution in [-0.2, 0) is 13.0 Å². The van der Waals surface area contributed by atoms with Crippen molar-refractivity contribution in [3.05, 3.63) is 57.6 Å². The van der Waals surface area contributed by atoms with Crippen LogP contribution in [0, 0.1) is 0 Å². The second-order valence-electron chi connectivity index (χ2n) is 4.44. The second kappa shape index (κ2) is 6.87. The summed E-state index contributed by atoms with van der Waals surface area (Å²) in [7, 11) is 1.61. The summed E-state index contributed by atoms with van der Waals surface area (Å²) in [5.41, 5.74) is 3.34. The molecule has 1 N–H and O–H groups in total. The molecule has 2 aromatic rings. The Morgan fingerprint density at radius 2 is 1.85 bits per heavy atom. The Hall–Kier alpha value is -1.38. The molecule has 2 rings (SSSR count). The molecule has 0 heterocycles. The van der Waals surface area contributed by atoms with E-state index in [0.717, 1.165) is 17.7 Å². The predicted molar refractivity (Wildman–Crippen MR) is 86.2 cm³/mol. The molecule has 0 radical (unpaired) electrons. The zero-order valence-electron chi connectivity index (χ0n) is 11.5. The number of rotatable bonds is 5. The lowest BCUT2D eigenvalue weighted by molar-refractivity contribution is 0.410. The van der Waals surface area contributed by atoms with Crippen LogP contribution in [0.1, 0.15) is 18.1 Å². The number of aryl methyl sites for hydroxylation is 1. The van der Waals surface area contributed by atoms with Crippen molar-refractivity contribution in [1.29, 1.82) is 0 Å². The van der Waals surface area contributed by atoms with Gasteiger partial charge < -0.3 is 10.1 Å². The number of ether oxygens (including phenoxy) is 1. The van der Waals surface area contributed by atoms with E-state index >= 15 is 0 Å². The molecule has 0 bridgehead atoms. The number of hydrogen-bond donors (Lipinski definition) is 1. The van der Waals surface area contributed by atoms with Gasteiger partial charge in [0.1, 0.15) is 5.75 Å². The van der Waals surface area contributed by atoms with Gasteiger partial charge in [-0.3, -0.25) is 0 Å². The lowest BCUT2D eigenvalue weighted by Crippen LogP contribution is -2.04. The van der Waals surface area contributed by atoms with Crippen LogP contribution in [0.15, 0.2) is 36.4 Å². The van der Waals surface area contributed by atoms with E-state index in [1.807, 2.05) is 18.2 Å². The number of hydrogen-bond acceptors (Lipinski definition) is 2. The number of anilines is 1. The van der Waals surface area contributed by atoms with E-state index in [0.29, 0.717) is 22.3 Å². The Labute approximate surface area is 129 Å². The largest absolute Gasteiger partial charge is 0.495 e. The third-order valence-electron chi connectivity index (χ3n) is 3.16. The Morgan fingerprint density at radius 3 is 2.55 bits per heavy atom. The molecule has 4 heteroatoms. The number of nitrogens with one attached hydrogen (secondary N) is 1. The van der Waals surface area contributed by atoms with Crippen molar-refractivity contribution >= 4 is 28.9 Å². The van der Waals surface area contributed by atoms with E-state index in [2.05, 4.69) is 24.4 Å². The van der Waals surface area contributed by atoms with E-state index in [1.54, 1.807) is 13.2 Å². The molecule has 20 heavy (non-hydrogen) atoms. The average Bonchev–Trinajstić information content (AvgIpc) is 2.45. The summed E-state index contributed by atoms with van der Waals surface area (Å²) in [6.45, 7) is 2.75. The zero-order valence-corrected chi connectivity index (χ0v) is 13.1. The van der Waals surface area contributed by atoms with Gasteiger partial charge in [0.05, 0.1) is 12.1 Å². The fourth-order valence-corrected chi connectivity index (χ4v) is 2.78. The van der Waals surface area contributed by atoms with E-state index in [-0.39, 0.29) is 0 Å². The van der Waals surface area contributed by atoms with Gasteiger partial charge in [0.2, 0.25) is 0 Å². The first-order chi connectivity index (χ1) is 9.65. The quantitative estimate of drug-likeness (QED) is 0.822. The maximum absolute atomic E-state index is 6.14. The van der Waals surface area contributed by atoms with Gasteiger partial charge in [-0.25, -0.2) is 0 Å². The second-order valence-corrected chi connectivity index (χ2v) is 5.29. The van der Waals surface area contributed by atoms with Crippen molar-refractivity contribution in [1.82, 2.24) is 0 Å². The third kappa shape index (κ3) is 3.38. The molecule has 2 aromatic carbocycles. The van der Waals surface area contributed by atoms with E-state index in [9.17, 15) is 0 Å². The number of methoxy groups -OCH3 is 1. The van der Waals surface area contributed by atoms with Crippen LogP contribution in [0.3, 0.4) is 0 Å². The van der Waals surface area contributed by atoms with Crippen LogP contribution in [-0.4, -0.2) is 7.11 Å². The minimum atomic E-state index is 0.528. The molecule has 0 amide bonds. The molecule has 106 valence electrons. The molecule has 0 aliphatic heterocycles. The van der Waals surface area contributed by atoms with Gasteiger partial charge in [0, 0.05) is 22.8 Å². The van der Waals surface area contributed by atoms with E-state index < -0.39 is 0 Å². The summed E-state index contributed by atoms with van der Waals surface area (Å²) in [4.78, 5) is 0. The summed E-state index contributed by atoms with van der Waals surface area (Å²) in [6, 6.07) is 11.8. The van der Waals surface area contributed by atoms with Gasteiger partial charge in [0.15, 0.2) is 0 Å². The Balaban J connectivity index is 2.22. The van der Waals surface area contributed by atoms with Gasteiger partial charge in [-0.1, -0.05) is 48.3 Å². The minimum absolute atomic E-state index is 0.528. The molecule has 0 atom stereocenters. The van der Waals surface area contributed by atoms with Crippen molar-refractivity contribution in [2.45, 2.75) is 19.9 Å². The van der Waals surface area contributed by atoms with Crippen molar-refractivity contribution < 1.29 is 4.74 Å². The molecule has 0 spiro atoms. The Bertz CT molecular complexity index is 599. The van der Waals surface area contributed by atoms with Crippen LogP contribution in [0.5, 0.6) is 5.75 Å². The molecule has 0 aliphatic rings. The molecular formula is C16H17Cl2NO. The lowest BCUT2D eigenvalue weighted by atomic mass is 10.1. The van der Waals surface area contributed by atoms with Gasteiger partial charge in [-0.05, 0) is 30.2 Å². The van der Waals surface area contributed by atoms with Gasteiger partial charge in [-0.2, -0.15) is 0 Å². The highest BCUT2D eigenvalue weighted by Gasteiger charge is 2.10. The van der Waals surface area contributed by atoms with Gasteiger partial charge in [-0.15, -0.1) is 0 Å². The van der Waals surface area contributed by atoms with Crippen molar-refractivity contribution in [2.24, 2.45) is 0 Å². The van der Waals surface area contributed by atoms with E-state index in [1.165, 1.54) is 5.56 Å². The smallest absolute Gasteiger partial charge is 0.142 e. The number of benzene rings is 2. The van der Waals surface area contributed by atoms with Crippen molar-refractivity contribution in [2.75, 3.05) is 12.4 Å². The molecule has 0 fully saturated rings. The monoisotopic (exact) mass is 309 g/mol. The summed E-state index contributed by atoms with van der Waals surface area (Å²) in [5, 5.41) is 4.55. The maximum Gasteiger partial charge on any atom is 0.142 e. The molecule has 2 nitrogen and oxygen atoms in total. The highest BCUT2D eigenvalue weighted by molar-refractivity contribution is 6.35. The van der Waals surface area contributed by atoms with E-state index in [4.69, 9.17) is 27.9 Å². The van der Waals surface area contributed by atoms with Gasteiger partial charge >= 0.3 is 0 Å². The molecule has 0 aromatic heterocycles. The fraction of sp³-hybridized carbons (Fsp3) is 0.250. The Morgan fingerprint density at radius 1 is 1.10 bits per heavy atom. The average molecular weight is 310 g/mol. The van der Waals surface area contributed by atoms with Crippen LogP contribution in [0.25, 0.3) is 0 Å². The predicted octanol–water partition coefficient (Wildman–Crippen LogP) is 5.18. The van der Waals surface area contributed by atoms with Gasteiger partial charge in [0.25, 0.3) is 0 Å². The first kappa shape index (κ1) is 15.0. The van der Waals surface area contributed by atoms with Crippen LogP contribution in [0.4, 0.5) is 5.69 Å².